The fourth-order valence-electron chi connectivity index (χ4n) is 1.54. The molecule has 1 rings (SSSR count). The van der Waals surface area contributed by atoms with E-state index in [1.807, 2.05) is 0 Å². The number of rotatable bonds is 4. The Balaban J connectivity index is 3.18. The largest absolute Gasteiger partial charge is 0.495 e. The van der Waals surface area contributed by atoms with Crippen LogP contribution < -0.4 is 10.5 Å². The lowest BCUT2D eigenvalue weighted by molar-refractivity contribution is 0.407. The van der Waals surface area contributed by atoms with Gasteiger partial charge >= 0.3 is 0 Å². The first-order chi connectivity index (χ1) is 7.11. The van der Waals surface area contributed by atoms with Gasteiger partial charge < -0.3 is 10.5 Å². The number of nitrogens with two attached hydrogens (primary N) is 1. The minimum Gasteiger partial charge on any atom is -0.495 e. The standard InChI is InChI=1S/C11H15ClFNO/c1-7-8(4-3-5-14)11(15-2)9(12)6-10(7)13/h6H,3-5,14H2,1-2H3. The van der Waals surface area contributed by atoms with Crippen molar-refractivity contribution in [2.45, 2.75) is 19.8 Å². The number of benzene rings is 1. The summed E-state index contributed by atoms with van der Waals surface area (Å²) in [6, 6.07) is 1.28. The van der Waals surface area contributed by atoms with E-state index in [1.165, 1.54) is 13.2 Å². The van der Waals surface area contributed by atoms with Crippen molar-refractivity contribution in [1.82, 2.24) is 0 Å². The van der Waals surface area contributed by atoms with Gasteiger partial charge in [0.1, 0.15) is 11.6 Å². The van der Waals surface area contributed by atoms with Crippen LogP contribution in [0.3, 0.4) is 0 Å². The molecule has 0 heterocycles. The highest BCUT2D eigenvalue weighted by Crippen LogP contribution is 2.33. The molecule has 0 saturated carbocycles. The molecule has 0 aliphatic heterocycles. The Morgan fingerprint density at radius 1 is 1.53 bits per heavy atom. The summed E-state index contributed by atoms with van der Waals surface area (Å²) >= 11 is 5.89. The predicted molar refractivity (Wildman–Crippen MR) is 60.1 cm³/mol. The highest BCUT2D eigenvalue weighted by atomic mass is 35.5. The lowest BCUT2D eigenvalue weighted by Crippen LogP contribution is -2.04. The highest BCUT2D eigenvalue weighted by Gasteiger charge is 2.14. The van der Waals surface area contributed by atoms with Gasteiger partial charge in [0, 0.05) is 5.56 Å². The van der Waals surface area contributed by atoms with Crippen LogP contribution in [0.5, 0.6) is 5.75 Å². The molecular formula is C11H15ClFNO. The first kappa shape index (κ1) is 12.3. The summed E-state index contributed by atoms with van der Waals surface area (Å²) in [5.41, 5.74) is 6.83. The van der Waals surface area contributed by atoms with Crippen molar-refractivity contribution in [2.75, 3.05) is 13.7 Å². The summed E-state index contributed by atoms with van der Waals surface area (Å²) in [7, 11) is 1.53. The molecule has 0 saturated heterocycles. The van der Waals surface area contributed by atoms with E-state index in [0.29, 0.717) is 29.3 Å². The number of hydrogen-bond donors (Lipinski definition) is 1. The summed E-state index contributed by atoms with van der Waals surface area (Å²) in [6.07, 6.45) is 1.47. The lowest BCUT2D eigenvalue weighted by atomic mass is 10.0. The van der Waals surface area contributed by atoms with E-state index >= 15 is 0 Å². The maximum Gasteiger partial charge on any atom is 0.141 e. The molecule has 0 radical (unpaired) electrons. The Morgan fingerprint density at radius 3 is 2.73 bits per heavy atom. The van der Waals surface area contributed by atoms with Gasteiger partial charge in [0.05, 0.1) is 12.1 Å². The van der Waals surface area contributed by atoms with Crippen molar-refractivity contribution in [3.8, 4) is 5.75 Å². The Kier molecular flexibility index (Phi) is 4.36. The molecule has 0 aliphatic carbocycles. The molecule has 0 bridgehead atoms. The van der Waals surface area contributed by atoms with E-state index < -0.39 is 0 Å². The molecule has 2 nitrogen and oxygen atoms in total. The third-order valence-electron chi connectivity index (χ3n) is 2.39. The minimum atomic E-state index is -0.298. The van der Waals surface area contributed by atoms with Crippen molar-refractivity contribution in [3.05, 3.63) is 28.0 Å². The maximum absolute atomic E-state index is 13.4. The third kappa shape index (κ3) is 2.61. The van der Waals surface area contributed by atoms with Crippen LogP contribution in [-0.4, -0.2) is 13.7 Å². The summed E-state index contributed by atoms with van der Waals surface area (Å²) in [5, 5.41) is 0.313. The molecule has 2 N–H and O–H groups in total. The molecule has 0 amide bonds. The maximum atomic E-state index is 13.4. The Hall–Kier alpha value is -0.800. The SMILES string of the molecule is COc1c(Cl)cc(F)c(C)c1CCCN. The molecule has 0 fully saturated rings. The molecular weight excluding hydrogens is 217 g/mol. The normalized spacial score (nSPS) is 10.5. The van der Waals surface area contributed by atoms with Crippen molar-refractivity contribution >= 4 is 11.6 Å². The highest BCUT2D eigenvalue weighted by molar-refractivity contribution is 6.32. The van der Waals surface area contributed by atoms with E-state index in [4.69, 9.17) is 22.1 Å². The first-order valence-electron chi connectivity index (χ1n) is 4.83. The molecule has 0 aliphatic rings. The average Bonchev–Trinajstić information content (AvgIpc) is 2.21. The summed E-state index contributed by atoms with van der Waals surface area (Å²) < 4.78 is 18.6. The van der Waals surface area contributed by atoms with Gasteiger partial charge in [0.2, 0.25) is 0 Å². The van der Waals surface area contributed by atoms with E-state index in [2.05, 4.69) is 0 Å². The van der Waals surface area contributed by atoms with Gasteiger partial charge in [0.25, 0.3) is 0 Å². The minimum absolute atomic E-state index is 0.298. The Morgan fingerprint density at radius 2 is 2.20 bits per heavy atom. The van der Waals surface area contributed by atoms with Crippen LogP contribution in [0.4, 0.5) is 4.39 Å². The first-order valence-corrected chi connectivity index (χ1v) is 5.21. The summed E-state index contributed by atoms with van der Waals surface area (Å²) in [6.45, 7) is 2.29. The van der Waals surface area contributed by atoms with Gasteiger partial charge in [-0.1, -0.05) is 11.6 Å². The fraction of sp³-hybridized carbons (Fsp3) is 0.455. The Bertz CT molecular complexity index is 355. The molecule has 0 unspecified atom stereocenters. The van der Waals surface area contributed by atoms with Crippen molar-refractivity contribution in [3.63, 3.8) is 0 Å². The quantitative estimate of drug-likeness (QED) is 0.865. The van der Waals surface area contributed by atoms with Crippen LogP contribution >= 0.6 is 11.6 Å². The molecule has 0 aromatic heterocycles. The zero-order chi connectivity index (χ0) is 11.4. The smallest absolute Gasteiger partial charge is 0.141 e. The van der Waals surface area contributed by atoms with Crippen LogP contribution in [0.25, 0.3) is 0 Å². The van der Waals surface area contributed by atoms with Crippen LogP contribution in [0.2, 0.25) is 5.02 Å². The van der Waals surface area contributed by atoms with E-state index in [0.717, 1.165) is 12.0 Å². The second kappa shape index (κ2) is 5.33. The Labute approximate surface area is 94.2 Å². The van der Waals surface area contributed by atoms with Gasteiger partial charge in [-0.2, -0.15) is 0 Å². The summed E-state index contributed by atoms with van der Waals surface area (Å²) in [4.78, 5) is 0. The molecule has 1 aromatic rings. The number of halogens is 2. The average molecular weight is 232 g/mol. The second-order valence-electron chi connectivity index (χ2n) is 3.37. The molecule has 0 atom stereocenters. The van der Waals surface area contributed by atoms with E-state index in [-0.39, 0.29) is 5.82 Å². The van der Waals surface area contributed by atoms with Crippen LogP contribution in [0.1, 0.15) is 17.5 Å². The monoisotopic (exact) mass is 231 g/mol. The molecule has 84 valence electrons. The van der Waals surface area contributed by atoms with Crippen molar-refractivity contribution < 1.29 is 9.13 Å². The zero-order valence-corrected chi connectivity index (χ0v) is 9.70. The second-order valence-corrected chi connectivity index (χ2v) is 3.78. The van der Waals surface area contributed by atoms with Crippen LogP contribution in [-0.2, 0) is 6.42 Å². The van der Waals surface area contributed by atoms with Crippen LogP contribution in [0.15, 0.2) is 6.07 Å². The van der Waals surface area contributed by atoms with E-state index in [9.17, 15) is 4.39 Å². The van der Waals surface area contributed by atoms with Gasteiger partial charge in [-0.15, -0.1) is 0 Å². The topological polar surface area (TPSA) is 35.2 Å². The van der Waals surface area contributed by atoms with E-state index in [1.54, 1.807) is 6.92 Å². The van der Waals surface area contributed by atoms with Gasteiger partial charge in [-0.3, -0.25) is 0 Å². The molecule has 15 heavy (non-hydrogen) atoms. The number of methoxy groups -OCH3 is 1. The molecule has 1 aromatic carbocycles. The van der Waals surface area contributed by atoms with Crippen LogP contribution in [0, 0.1) is 12.7 Å². The van der Waals surface area contributed by atoms with Gasteiger partial charge in [-0.05, 0) is 37.9 Å². The number of ether oxygens (including phenoxy) is 1. The fourth-order valence-corrected chi connectivity index (χ4v) is 1.83. The van der Waals surface area contributed by atoms with Gasteiger partial charge in [-0.25, -0.2) is 4.39 Å². The predicted octanol–water partition coefficient (Wildman–Crippen LogP) is 2.69. The summed E-state index contributed by atoms with van der Waals surface area (Å²) in [5.74, 6) is 0.261. The molecule has 0 spiro atoms. The molecule has 4 heteroatoms. The van der Waals surface area contributed by atoms with Gasteiger partial charge in [0.15, 0.2) is 0 Å². The lowest BCUT2D eigenvalue weighted by Gasteiger charge is -2.13. The zero-order valence-electron chi connectivity index (χ0n) is 8.94. The third-order valence-corrected chi connectivity index (χ3v) is 2.67. The number of hydrogen-bond acceptors (Lipinski definition) is 2. The van der Waals surface area contributed by atoms with Crippen molar-refractivity contribution in [2.24, 2.45) is 5.73 Å². The van der Waals surface area contributed by atoms with Crippen molar-refractivity contribution in [1.29, 1.82) is 0 Å².